The Kier molecular flexibility index (Phi) is 4.87. The highest BCUT2D eigenvalue weighted by atomic mass is 35.5. The molecule has 120 valence electrons. The number of urea groups is 1. The highest BCUT2D eigenvalue weighted by Gasteiger charge is 2.25. The van der Waals surface area contributed by atoms with Crippen molar-refractivity contribution >= 4 is 17.6 Å². The van der Waals surface area contributed by atoms with Gasteiger partial charge in [0.2, 0.25) is 0 Å². The zero-order valence-corrected chi connectivity index (χ0v) is 13.8. The highest BCUT2D eigenvalue weighted by molar-refractivity contribution is 6.30. The van der Waals surface area contributed by atoms with Crippen molar-refractivity contribution in [3.8, 4) is 11.1 Å². The minimum atomic E-state index is -0.327. The molecule has 2 N–H and O–H groups in total. The first kappa shape index (κ1) is 15.9. The summed E-state index contributed by atoms with van der Waals surface area (Å²) >= 11 is 5.83. The van der Waals surface area contributed by atoms with Crippen molar-refractivity contribution < 1.29 is 4.79 Å². The Labute approximate surface area is 142 Å². The van der Waals surface area contributed by atoms with Crippen LogP contribution >= 0.6 is 11.6 Å². The fourth-order valence-corrected chi connectivity index (χ4v) is 3.19. The van der Waals surface area contributed by atoms with Crippen LogP contribution in [-0.4, -0.2) is 17.0 Å². The molecule has 0 bridgehead atoms. The second-order valence-electron chi connectivity index (χ2n) is 6.11. The second-order valence-corrected chi connectivity index (χ2v) is 6.55. The van der Waals surface area contributed by atoms with Crippen LogP contribution < -0.4 is 5.73 Å². The van der Waals surface area contributed by atoms with Crippen LogP contribution in [0.2, 0.25) is 5.02 Å². The van der Waals surface area contributed by atoms with Crippen molar-refractivity contribution in [2.24, 2.45) is 5.73 Å². The average Bonchev–Trinajstić information content (AvgIpc) is 2.96. The molecule has 3 aliphatic carbocycles. The lowest BCUT2D eigenvalue weighted by molar-refractivity contribution is 0.180. The Morgan fingerprint density at radius 3 is 2.13 bits per heavy atom. The monoisotopic (exact) mass is 328 g/mol. The number of carbonyl (C=O) groups excluding carboxylic acids is 1. The SMILES string of the molecule is NC(=O)N(Cc1ccc(Cl)cc1)C1CCCC1.c1cc2cc-2c1. The van der Waals surface area contributed by atoms with E-state index in [-0.39, 0.29) is 6.03 Å². The fraction of sp³-hybridized carbons (Fsp3) is 0.316. The summed E-state index contributed by atoms with van der Waals surface area (Å²) in [4.78, 5) is 13.3. The summed E-state index contributed by atoms with van der Waals surface area (Å²) in [5.41, 5.74) is 9.38. The largest absolute Gasteiger partial charge is 0.351 e. The number of benzene rings is 2. The van der Waals surface area contributed by atoms with Crippen molar-refractivity contribution in [3.63, 3.8) is 0 Å². The normalized spacial score (nSPS) is 14.8. The summed E-state index contributed by atoms with van der Waals surface area (Å²) in [5, 5.41) is 0.709. The van der Waals surface area contributed by atoms with Crippen LogP contribution in [0.25, 0.3) is 11.1 Å². The van der Waals surface area contributed by atoms with Gasteiger partial charge in [-0.1, -0.05) is 54.8 Å². The smallest absolute Gasteiger partial charge is 0.315 e. The Balaban J connectivity index is 0.000000213. The van der Waals surface area contributed by atoms with Crippen molar-refractivity contribution in [1.82, 2.24) is 4.90 Å². The molecule has 4 rings (SSSR count). The van der Waals surface area contributed by atoms with E-state index in [9.17, 15) is 4.79 Å². The van der Waals surface area contributed by atoms with Crippen LogP contribution in [0.5, 0.6) is 0 Å². The number of nitrogens with two attached hydrogens (primary N) is 1. The van der Waals surface area contributed by atoms with Gasteiger partial charge in [-0.2, -0.15) is 0 Å². The summed E-state index contributed by atoms with van der Waals surface area (Å²) in [6, 6.07) is 16.0. The molecule has 0 aliphatic heterocycles. The molecule has 1 aromatic carbocycles. The number of fused-ring (bicyclic) bond motifs is 1. The molecule has 0 unspecified atom stereocenters. The number of nitrogens with zero attached hydrogens (tertiary/aromatic N) is 1. The third-order valence-corrected chi connectivity index (χ3v) is 4.68. The first-order valence-electron chi connectivity index (χ1n) is 8.04. The molecule has 3 aliphatic rings. The van der Waals surface area contributed by atoms with Crippen LogP contribution in [-0.2, 0) is 6.54 Å². The summed E-state index contributed by atoms with van der Waals surface area (Å²) in [5.74, 6) is 0. The Morgan fingerprint density at radius 1 is 1.09 bits per heavy atom. The van der Waals surface area contributed by atoms with Gasteiger partial charge in [0.15, 0.2) is 0 Å². The third-order valence-electron chi connectivity index (χ3n) is 4.43. The molecule has 0 heterocycles. The summed E-state index contributed by atoms with van der Waals surface area (Å²) < 4.78 is 0. The van der Waals surface area contributed by atoms with E-state index in [0.29, 0.717) is 17.6 Å². The maximum atomic E-state index is 11.5. The first-order chi connectivity index (χ1) is 11.1. The van der Waals surface area contributed by atoms with Crippen LogP contribution in [0.4, 0.5) is 4.79 Å². The van der Waals surface area contributed by atoms with Gasteiger partial charge >= 0.3 is 6.03 Å². The van der Waals surface area contributed by atoms with Gasteiger partial charge in [0.25, 0.3) is 0 Å². The lowest BCUT2D eigenvalue weighted by atomic mass is 10.1. The molecular weight excluding hydrogens is 308 g/mol. The number of hydrogen-bond donors (Lipinski definition) is 1. The zero-order chi connectivity index (χ0) is 16.2. The molecule has 3 nitrogen and oxygen atoms in total. The average molecular weight is 329 g/mol. The van der Waals surface area contributed by atoms with Crippen molar-refractivity contribution in [1.29, 1.82) is 0 Å². The summed E-state index contributed by atoms with van der Waals surface area (Å²) in [6.07, 6.45) is 4.51. The molecule has 1 fully saturated rings. The van der Waals surface area contributed by atoms with Gasteiger partial charge < -0.3 is 10.6 Å². The molecule has 0 spiro atoms. The molecule has 2 amide bonds. The Morgan fingerprint density at radius 2 is 1.70 bits per heavy atom. The maximum Gasteiger partial charge on any atom is 0.315 e. The second kappa shape index (κ2) is 7.05. The number of primary amides is 1. The predicted octanol–water partition coefficient (Wildman–Crippen LogP) is 4.83. The summed E-state index contributed by atoms with van der Waals surface area (Å²) in [6.45, 7) is 0.581. The van der Waals surface area contributed by atoms with Gasteiger partial charge in [-0.3, -0.25) is 0 Å². The van der Waals surface area contributed by atoms with Gasteiger partial charge in [0.1, 0.15) is 0 Å². The third kappa shape index (κ3) is 4.26. The Bertz CT molecular complexity index is 661. The lowest BCUT2D eigenvalue weighted by Gasteiger charge is -2.27. The molecule has 0 atom stereocenters. The molecule has 0 aromatic heterocycles. The number of amides is 2. The predicted molar refractivity (Wildman–Crippen MR) is 94.3 cm³/mol. The topological polar surface area (TPSA) is 46.3 Å². The minimum absolute atomic E-state index is 0.308. The van der Waals surface area contributed by atoms with Crippen molar-refractivity contribution in [3.05, 3.63) is 59.1 Å². The van der Waals surface area contributed by atoms with Crippen LogP contribution in [0.15, 0.2) is 48.5 Å². The van der Waals surface area contributed by atoms with Crippen molar-refractivity contribution in [2.75, 3.05) is 0 Å². The van der Waals surface area contributed by atoms with Gasteiger partial charge in [-0.15, -0.1) is 0 Å². The Hall–Kier alpha value is -2.00. The molecule has 1 saturated carbocycles. The fourth-order valence-electron chi connectivity index (χ4n) is 3.06. The van der Waals surface area contributed by atoms with E-state index in [2.05, 4.69) is 24.3 Å². The molecule has 0 radical (unpaired) electrons. The molecule has 1 aromatic rings. The van der Waals surface area contributed by atoms with Crippen molar-refractivity contribution in [2.45, 2.75) is 38.3 Å². The summed E-state index contributed by atoms with van der Waals surface area (Å²) in [7, 11) is 0. The minimum Gasteiger partial charge on any atom is -0.351 e. The van der Waals surface area contributed by atoms with E-state index in [0.717, 1.165) is 18.4 Å². The van der Waals surface area contributed by atoms with Gasteiger partial charge in [-0.25, -0.2) is 4.79 Å². The number of carbonyl (C=O) groups is 1. The van der Waals surface area contributed by atoms with Gasteiger partial charge in [0, 0.05) is 17.6 Å². The van der Waals surface area contributed by atoms with E-state index in [1.165, 1.54) is 24.0 Å². The van der Waals surface area contributed by atoms with E-state index in [1.807, 2.05) is 24.3 Å². The lowest BCUT2D eigenvalue weighted by Crippen LogP contribution is -2.41. The first-order valence-corrected chi connectivity index (χ1v) is 8.42. The van der Waals surface area contributed by atoms with Crippen LogP contribution in [0, 0.1) is 0 Å². The number of halogens is 1. The maximum absolute atomic E-state index is 11.5. The van der Waals surface area contributed by atoms with Gasteiger partial charge in [0.05, 0.1) is 0 Å². The van der Waals surface area contributed by atoms with E-state index < -0.39 is 0 Å². The van der Waals surface area contributed by atoms with E-state index >= 15 is 0 Å². The highest BCUT2D eigenvalue weighted by Crippen LogP contribution is 2.32. The van der Waals surface area contributed by atoms with Crippen LogP contribution in [0.3, 0.4) is 0 Å². The number of hydrogen-bond acceptors (Lipinski definition) is 1. The van der Waals surface area contributed by atoms with E-state index in [1.54, 1.807) is 4.90 Å². The van der Waals surface area contributed by atoms with Crippen LogP contribution in [0.1, 0.15) is 31.2 Å². The quantitative estimate of drug-likeness (QED) is 0.735. The van der Waals surface area contributed by atoms with E-state index in [4.69, 9.17) is 17.3 Å². The molecule has 0 saturated heterocycles. The molecule has 23 heavy (non-hydrogen) atoms. The molecule has 4 heteroatoms. The number of rotatable bonds is 3. The zero-order valence-electron chi connectivity index (χ0n) is 13.0. The van der Waals surface area contributed by atoms with Gasteiger partial charge in [-0.05, 0) is 47.7 Å². The standard InChI is InChI=1S/C13H17ClN2O.C6H4/c14-11-7-5-10(6-8-11)9-16(13(15)17)12-3-1-2-4-12;1-2-5-4-6(5)3-1/h5-8,12H,1-4,9H2,(H2,15,17);1-4H. The molecular formula is C19H21ClN2O.